The van der Waals surface area contributed by atoms with Crippen molar-refractivity contribution in [3.63, 3.8) is 0 Å². The number of guanidine groups is 1. The number of carbonyl (C=O) groups is 1. The molecule has 0 atom stereocenters. The number of nitrogens with zero attached hydrogens (tertiary/aromatic N) is 2. The number of halogens is 1. The molecule has 0 spiro atoms. The van der Waals surface area contributed by atoms with Crippen LogP contribution in [0, 0.1) is 11.8 Å². The normalized spacial score (nSPS) is 18.7. The zero-order valence-corrected chi connectivity index (χ0v) is 21.8. The molecule has 2 fully saturated rings. The lowest BCUT2D eigenvalue weighted by Gasteiger charge is -2.34. The van der Waals surface area contributed by atoms with E-state index in [-0.39, 0.29) is 47.6 Å². The number of rotatable bonds is 10. The fourth-order valence-corrected chi connectivity index (χ4v) is 4.85. The lowest BCUT2D eigenvalue weighted by Crippen LogP contribution is -2.51. The first-order valence-electron chi connectivity index (χ1n) is 11.1. The Morgan fingerprint density at radius 3 is 2.27 bits per heavy atom. The van der Waals surface area contributed by atoms with Gasteiger partial charge in [0.1, 0.15) is 0 Å². The first kappa shape index (κ1) is 27.4. The molecule has 1 saturated heterocycles. The number of hydrogen-bond acceptors (Lipinski definition) is 4. The van der Waals surface area contributed by atoms with Crippen molar-refractivity contribution >= 4 is 45.9 Å². The van der Waals surface area contributed by atoms with Crippen LogP contribution in [0.3, 0.4) is 0 Å². The number of hydrogen-bond donors (Lipinski definition) is 3. The Balaban J connectivity index is 0.00000450. The van der Waals surface area contributed by atoms with E-state index in [9.17, 15) is 13.2 Å². The van der Waals surface area contributed by atoms with E-state index in [1.807, 2.05) is 4.90 Å². The van der Waals surface area contributed by atoms with Gasteiger partial charge in [-0.15, -0.1) is 24.0 Å². The molecule has 8 nitrogen and oxygen atoms in total. The zero-order chi connectivity index (χ0) is 21.3. The first-order valence-corrected chi connectivity index (χ1v) is 12.8. The van der Waals surface area contributed by atoms with Gasteiger partial charge in [-0.3, -0.25) is 9.79 Å². The maximum atomic E-state index is 12.5. The van der Waals surface area contributed by atoms with E-state index >= 15 is 0 Å². The lowest BCUT2D eigenvalue weighted by molar-refractivity contribution is -0.136. The highest BCUT2D eigenvalue weighted by molar-refractivity contribution is 14.0. The Labute approximate surface area is 199 Å². The van der Waals surface area contributed by atoms with Crippen LogP contribution < -0.4 is 15.4 Å². The summed E-state index contributed by atoms with van der Waals surface area (Å²) >= 11 is 0. The summed E-state index contributed by atoms with van der Waals surface area (Å²) in [7, 11) is -1.57. The fraction of sp³-hybridized carbons (Fsp3) is 0.900. The summed E-state index contributed by atoms with van der Waals surface area (Å²) in [4.78, 5) is 18.7. The van der Waals surface area contributed by atoms with Crippen molar-refractivity contribution in [1.82, 2.24) is 20.3 Å². The van der Waals surface area contributed by atoms with Crippen molar-refractivity contribution in [2.75, 3.05) is 39.0 Å². The van der Waals surface area contributed by atoms with Crippen LogP contribution in [-0.4, -0.2) is 70.2 Å². The number of piperidine rings is 1. The lowest BCUT2D eigenvalue weighted by atomic mass is 9.86. The van der Waals surface area contributed by atoms with E-state index in [2.05, 4.69) is 34.2 Å². The summed E-state index contributed by atoms with van der Waals surface area (Å²) in [5.41, 5.74) is 0. The van der Waals surface area contributed by atoms with Crippen LogP contribution in [0.25, 0.3) is 0 Å². The molecule has 0 radical (unpaired) electrons. The van der Waals surface area contributed by atoms with Gasteiger partial charge in [-0.25, -0.2) is 13.1 Å². The predicted octanol–water partition coefficient (Wildman–Crippen LogP) is 1.92. The van der Waals surface area contributed by atoms with Crippen molar-refractivity contribution in [2.45, 2.75) is 64.8 Å². The second-order valence-corrected chi connectivity index (χ2v) is 10.1. The molecule has 30 heavy (non-hydrogen) atoms. The molecule has 0 aromatic rings. The third kappa shape index (κ3) is 8.86. The molecule has 0 bridgehead atoms. The molecule has 3 N–H and O–H groups in total. The zero-order valence-electron chi connectivity index (χ0n) is 18.7. The quantitative estimate of drug-likeness (QED) is 0.217. The van der Waals surface area contributed by atoms with Gasteiger partial charge in [-0.2, -0.15) is 0 Å². The second-order valence-electron chi connectivity index (χ2n) is 8.22. The summed E-state index contributed by atoms with van der Waals surface area (Å²) in [6.45, 7) is 6.51. The largest absolute Gasteiger partial charge is 0.355 e. The molecule has 0 unspecified atom stereocenters. The third-order valence-corrected chi connectivity index (χ3v) is 7.53. The third-order valence-electron chi connectivity index (χ3n) is 6.19. The fourth-order valence-electron chi connectivity index (χ4n) is 3.85. The standard InChI is InChI=1S/C20H39N5O3S.HI/c1-4-17(5-2)19(26)25-12-9-18(10-13-25)24-20(21-3)22-11-14-29(27,28)23-15-16-7-6-8-16;/h16-18,23H,4-15H2,1-3H3,(H2,21,22,24);1H. The van der Waals surface area contributed by atoms with Crippen molar-refractivity contribution in [1.29, 1.82) is 0 Å². The molecule has 0 aromatic heterocycles. The molecule has 2 rings (SSSR count). The second kappa shape index (κ2) is 13.7. The average Bonchev–Trinajstić information content (AvgIpc) is 2.67. The van der Waals surface area contributed by atoms with E-state index in [0.717, 1.165) is 51.6 Å². The molecule has 1 aliphatic carbocycles. The summed E-state index contributed by atoms with van der Waals surface area (Å²) in [6.07, 6.45) is 6.98. The highest BCUT2D eigenvalue weighted by Crippen LogP contribution is 2.25. The van der Waals surface area contributed by atoms with E-state index < -0.39 is 10.0 Å². The van der Waals surface area contributed by atoms with Crippen LogP contribution in [0.2, 0.25) is 0 Å². The maximum absolute atomic E-state index is 12.5. The summed E-state index contributed by atoms with van der Waals surface area (Å²) in [5, 5.41) is 6.46. The minimum absolute atomic E-state index is 0. The Hall–Kier alpha value is -0.620. The van der Waals surface area contributed by atoms with Gasteiger partial charge in [-0.05, 0) is 44.4 Å². The monoisotopic (exact) mass is 557 g/mol. The Morgan fingerprint density at radius 1 is 1.13 bits per heavy atom. The van der Waals surface area contributed by atoms with E-state index in [0.29, 0.717) is 25.0 Å². The molecule has 176 valence electrons. The van der Waals surface area contributed by atoms with Crippen LogP contribution in [0.15, 0.2) is 4.99 Å². The van der Waals surface area contributed by atoms with E-state index in [1.165, 1.54) is 6.42 Å². The summed E-state index contributed by atoms with van der Waals surface area (Å²) in [5.74, 6) is 1.56. The van der Waals surface area contributed by atoms with E-state index in [4.69, 9.17) is 0 Å². The Kier molecular flexibility index (Phi) is 12.5. The Bertz CT molecular complexity index is 643. The smallest absolute Gasteiger partial charge is 0.225 e. The maximum Gasteiger partial charge on any atom is 0.225 e. The van der Waals surface area contributed by atoms with Gasteiger partial charge in [0.05, 0.1) is 5.75 Å². The minimum Gasteiger partial charge on any atom is -0.355 e. The molecule has 0 aromatic carbocycles. The molecular weight excluding hydrogens is 517 g/mol. The number of amides is 1. The van der Waals surface area contributed by atoms with Crippen LogP contribution in [0.4, 0.5) is 0 Å². The molecule has 10 heteroatoms. The van der Waals surface area contributed by atoms with Crippen LogP contribution in [0.5, 0.6) is 0 Å². The number of aliphatic imine (C=N–C) groups is 1. The number of likely N-dealkylation sites (tertiary alicyclic amines) is 1. The minimum atomic E-state index is -3.26. The average molecular weight is 558 g/mol. The predicted molar refractivity (Wildman–Crippen MR) is 133 cm³/mol. The number of carbonyl (C=O) groups excluding carboxylic acids is 1. The van der Waals surface area contributed by atoms with Crippen molar-refractivity contribution in [3.05, 3.63) is 0 Å². The van der Waals surface area contributed by atoms with Gasteiger partial charge in [0, 0.05) is 45.2 Å². The van der Waals surface area contributed by atoms with Gasteiger partial charge in [0.2, 0.25) is 15.9 Å². The van der Waals surface area contributed by atoms with Gasteiger partial charge in [0.15, 0.2) is 5.96 Å². The molecule has 2 aliphatic rings. The van der Waals surface area contributed by atoms with E-state index in [1.54, 1.807) is 7.05 Å². The molecule has 1 aliphatic heterocycles. The van der Waals surface area contributed by atoms with Gasteiger partial charge < -0.3 is 15.5 Å². The summed E-state index contributed by atoms with van der Waals surface area (Å²) < 4.78 is 26.9. The Morgan fingerprint density at radius 2 is 1.77 bits per heavy atom. The van der Waals surface area contributed by atoms with Crippen LogP contribution in [0.1, 0.15) is 58.8 Å². The highest BCUT2D eigenvalue weighted by atomic mass is 127. The summed E-state index contributed by atoms with van der Waals surface area (Å²) in [6, 6.07) is 0.236. The number of sulfonamides is 1. The van der Waals surface area contributed by atoms with Crippen molar-refractivity contribution in [2.24, 2.45) is 16.8 Å². The van der Waals surface area contributed by atoms with Crippen molar-refractivity contribution < 1.29 is 13.2 Å². The van der Waals surface area contributed by atoms with Gasteiger partial charge in [-0.1, -0.05) is 20.3 Å². The first-order chi connectivity index (χ1) is 13.9. The van der Waals surface area contributed by atoms with Gasteiger partial charge in [0.25, 0.3) is 0 Å². The number of nitrogens with one attached hydrogen (secondary N) is 3. The SMILES string of the molecule is CCC(CC)C(=O)N1CCC(NC(=NC)NCCS(=O)(=O)NCC2CCC2)CC1.I. The van der Waals surface area contributed by atoms with Crippen LogP contribution in [-0.2, 0) is 14.8 Å². The topological polar surface area (TPSA) is 103 Å². The van der Waals surface area contributed by atoms with Crippen molar-refractivity contribution in [3.8, 4) is 0 Å². The molecule has 1 heterocycles. The van der Waals surface area contributed by atoms with Crippen LogP contribution >= 0.6 is 24.0 Å². The van der Waals surface area contributed by atoms with Gasteiger partial charge >= 0.3 is 0 Å². The highest BCUT2D eigenvalue weighted by Gasteiger charge is 2.27. The molecular formula is C20H40IN5O3S. The molecule has 1 saturated carbocycles. The molecule has 1 amide bonds.